The van der Waals surface area contributed by atoms with E-state index >= 15 is 0 Å². The molecule has 27 heavy (non-hydrogen) atoms. The third-order valence-corrected chi connectivity index (χ3v) is 6.20. The van der Waals surface area contributed by atoms with Gasteiger partial charge in [-0.3, -0.25) is 9.59 Å². The number of esters is 1. The van der Waals surface area contributed by atoms with E-state index in [9.17, 15) is 18.0 Å². The fraction of sp³-hybridized carbons (Fsp3) is 0.556. The SMILES string of the molecule is CCC(=O)OCC(=O)Nc1cc(S(=O)(=O)N2CCCCCC2)ccc1OC. The van der Waals surface area contributed by atoms with Crippen molar-refractivity contribution in [3.8, 4) is 5.75 Å². The number of hydrogen-bond acceptors (Lipinski definition) is 6. The number of rotatable bonds is 7. The molecule has 0 radical (unpaired) electrons. The van der Waals surface area contributed by atoms with Crippen molar-refractivity contribution in [1.29, 1.82) is 0 Å². The van der Waals surface area contributed by atoms with E-state index in [2.05, 4.69) is 5.32 Å². The molecule has 8 nitrogen and oxygen atoms in total. The maximum absolute atomic E-state index is 12.9. The van der Waals surface area contributed by atoms with Crippen LogP contribution in [-0.2, 0) is 24.3 Å². The second-order valence-corrected chi connectivity index (χ2v) is 8.18. The highest BCUT2D eigenvalue weighted by molar-refractivity contribution is 7.89. The number of nitrogens with zero attached hydrogens (tertiary/aromatic N) is 1. The van der Waals surface area contributed by atoms with Crippen molar-refractivity contribution in [2.24, 2.45) is 0 Å². The molecule has 0 atom stereocenters. The topological polar surface area (TPSA) is 102 Å². The van der Waals surface area contributed by atoms with E-state index in [-0.39, 0.29) is 17.0 Å². The highest BCUT2D eigenvalue weighted by Crippen LogP contribution is 2.29. The van der Waals surface area contributed by atoms with Gasteiger partial charge in [0.25, 0.3) is 5.91 Å². The van der Waals surface area contributed by atoms with Crippen LogP contribution in [0, 0.1) is 0 Å². The van der Waals surface area contributed by atoms with Crippen LogP contribution in [0.5, 0.6) is 5.75 Å². The first-order valence-electron chi connectivity index (χ1n) is 9.02. The molecule has 0 saturated carbocycles. The Morgan fingerprint density at radius 2 is 1.81 bits per heavy atom. The third-order valence-electron chi connectivity index (χ3n) is 4.30. The first-order valence-corrected chi connectivity index (χ1v) is 10.5. The maximum Gasteiger partial charge on any atom is 0.306 e. The molecule has 9 heteroatoms. The molecule has 0 spiro atoms. The van der Waals surface area contributed by atoms with E-state index in [0.717, 1.165) is 25.7 Å². The zero-order valence-electron chi connectivity index (χ0n) is 15.7. The first-order chi connectivity index (χ1) is 12.9. The van der Waals surface area contributed by atoms with Crippen molar-refractivity contribution in [2.45, 2.75) is 43.9 Å². The van der Waals surface area contributed by atoms with Crippen LogP contribution in [-0.4, -0.2) is 51.4 Å². The van der Waals surface area contributed by atoms with E-state index < -0.39 is 28.5 Å². The quantitative estimate of drug-likeness (QED) is 0.706. The molecule has 1 amide bonds. The monoisotopic (exact) mass is 398 g/mol. The van der Waals surface area contributed by atoms with E-state index in [1.807, 2.05) is 0 Å². The van der Waals surface area contributed by atoms with Gasteiger partial charge in [-0.25, -0.2) is 8.42 Å². The van der Waals surface area contributed by atoms with Gasteiger partial charge < -0.3 is 14.8 Å². The van der Waals surface area contributed by atoms with Gasteiger partial charge in [0.05, 0.1) is 17.7 Å². The molecule has 1 aromatic carbocycles. The summed E-state index contributed by atoms with van der Waals surface area (Å²) in [7, 11) is -2.24. The Balaban J connectivity index is 2.20. The molecule has 150 valence electrons. The molecule has 0 unspecified atom stereocenters. The number of methoxy groups -OCH3 is 1. The van der Waals surface area contributed by atoms with Gasteiger partial charge in [-0.2, -0.15) is 4.31 Å². The zero-order chi connectivity index (χ0) is 19.9. The normalized spacial score (nSPS) is 15.6. The van der Waals surface area contributed by atoms with Gasteiger partial charge in [0.15, 0.2) is 6.61 Å². The predicted octanol–water partition coefficient (Wildman–Crippen LogP) is 2.15. The summed E-state index contributed by atoms with van der Waals surface area (Å²) >= 11 is 0. The van der Waals surface area contributed by atoms with Crippen LogP contribution in [0.15, 0.2) is 23.1 Å². The van der Waals surface area contributed by atoms with Gasteiger partial charge >= 0.3 is 5.97 Å². The lowest BCUT2D eigenvalue weighted by atomic mass is 10.2. The Labute approximate surface area is 159 Å². The highest BCUT2D eigenvalue weighted by Gasteiger charge is 2.26. The molecule has 1 aliphatic rings. The number of nitrogens with one attached hydrogen (secondary N) is 1. The molecule has 1 saturated heterocycles. The van der Waals surface area contributed by atoms with Crippen molar-refractivity contribution in [2.75, 3.05) is 32.1 Å². The van der Waals surface area contributed by atoms with Crippen LogP contribution in [0.1, 0.15) is 39.0 Å². The van der Waals surface area contributed by atoms with Gasteiger partial charge in [-0.1, -0.05) is 19.8 Å². The number of benzene rings is 1. The molecule has 1 aliphatic heterocycles. The summed E-state index contributed by atoms with van der Waals surface area (Å²) < 4.78 is 37.3. The van der Waals surface area contributed by atoms with Gasteiger partial charge in [-0.05, 0) is 31.0 Å². The fourth-order valence-electron chi connectivity index (χ4n) is 2.81. The van der Waals surface area contributed by atoms with Crippen LogP contribution in [0.4, 0.5) is 5.69 Å². The lowest BCUT2D eigenvalue weighted by molar-refractivity contribution is -0.146. The number of hydrogen-bond donors (Lipinski definition) is 1. The number of anilines is 1. The average molecular weight is 398 g/mol. The summed E-state index contributed by atoms with van der Waals surface area (Å²) in [6.07, 6.45) is 3.88. The smallest absolute Gasteiger partial charge is 0.306 e. The molecule has 2 rings (SSSR count). The van der Waals surface area contributed by atoms with E-state index in [0.29, 0.717) is 18.8 Å². The summed E-state index contributed by atoms with van der Waals surface area (Å²) in [4.78, 5) is 23.3. The molecule has 0 aromatic heterocycles. The fourth-order valence-corrected chi connectivity index (χ4v) is 4.35. The highest BCUT2D eigenvalue weighted by atomic mass is 32.2. The molecule has 1 N–H and O–H groups in total. The zero-order valence-corrected chi connectivity index (χ0v) is 16.5. The molecule has 1 fully saturated rings. The number of amides is 1. The lowest BCUT2D eigenvalue weighted by Crippen LogP contribution is -2.32. The second kappa shape index (κ2) is 9.70. The minimum Gasteiger partial charge on any atom is -0.495 e. The molecule has 0 bridgehead atoms. The largest absolute Gasteiger partial charge is 0.495 e. The maximum atomic E-state index is 12.9. The molecule has 1 aromatic rings. The molecule has 0 aliphatic carbocycles. The number of carbonyl (C=O) groups excluding carboxylic acids is 2. The number of sulfonamides is 1. The summed E-state index contributed by atoms with van der Waals surface area (Å²) in [5, 5.41) is 2.54. The molecular weight excluding hydrogens is 372 g/mol. The second-order valence-electron chi connectivity index (χ2n) is 6.24. The predicted molar refractivity (Wildman–Crippen MR) is 100 cm³/mol. The minimum absolute atomic E-state index is 0.0889. The van der Waals surface area contributed by atoms with Crippen molar-refractivity contribution >= 4 is 27.6 Å². The minimum atomic E-state index is -3.66. The van der Waals surface area contributed by atoms with Crippen molar-refractivity contribution in [1.82, 2.24) is 4.31 Å². The van der Waals surface area contributed by atoms with Crippen LogP contribution in [0.3, 0.4) is 0 Å². The Kier molecular flexibility index (Phi) is 7.61. The summed E-state index contributed by atoms with van der Waals surface area (Å²) in [5.41, 5.74) is 0.214. The number of ether oxygens (including phenoxy) is 2. The number of carbonyl (C=O) groups is 2. The van der Waals surface area contributed by atoms with Crippen molar-refractivity contribution in [3.05, 3.63) is 18.2 Å². The van der Waals surface area contributed by atoms with E-state index in [4.69, 9.17) is 9.47 Å². The summed E-state index contributed by atoms with van der Waals surface area (Å²) in [6, 6.07) is 4.34. The van der Waals surface area contributed by atoms with Gasteiger partial charge in [0.1, 0.15) is 5.75 Å². The van der Waals surface area contributed by atoms with E-state index in [1.54, 1.807) is 6.92 Å². The molecule has 1 heterocycles. The first kappa shape index (κ1) is 21.2. The summed E-state index contributed by atoms with van der Waals surface area (Å²) in [5.74, 6) is -0.742. The standard InChI is InChI=1S/C18H26N2O6S/c1-3-18(22)26-13-17(21)19-15-12-14(8-9-16(15)25-2)27(23,24)20-10-6-4-5-7-11-20/h8-9,12H,3-7,10-11,13H2,1-2H3,(H,19,21). The van der Waals surface area contributed by atoms with Gasteiger partial charge in [-0.15, -0.1) is 0 Å². The summed E-state index contributed by atoms with van der Waals surface area (Å²) in [6.45, 7) is 2.16. The Morgan fingerprint density at radius 3 is 2.41 bits per heavy atom. The molecular formula is C18H26N2O6S. The van der Waals surface area contributed by atoms with Crippen LogP contribution in [0.2, 0.25) is 0 Å². The Morgan fingerprint density at radius 1 is 1.15 bits per heavy atom. The Bertz CT molecular complexity index is 770. The van der Waals surface area contributed by atoms with Crippen LogP contribution >= 0.6 is 0 Å². The van der Waals surface area contributed by atoms with Gasteiger partial charge in [0.2, 0.25) is 10.0 Å². The van der Waals surface area contributed by atoms with Crippen LogP contribution < -0.4 is 10.1 Å². The third kappa shape index (κ3) is 5.67. The van der Waals surface area contributed by atoms with Crippen molar-refractivity contribution < 1.29 is 27.5 Å². The van der Waals surface area contributed by atoms with Gasteiger partial charge in [0, 0.05) is 19.5 Å². The Hall–Kier alpha value is -2.13. The average Bonchev–Trinajstić information content (AvgIpc) is 2.96. The van der Waals surface area contributed by atoms with E-state index in [1.165, 1.54) is 29.6 Å². The lowest BCUT2D eigenvalue weighted by Gasteiger charge is -2.21. The van der Waals surface area contributed by atoms with Crippen LogP contribution in [0.25, 0.3) is 0 Å². The van der Waals surface area contributed by atoms with Crippen molar-refractivity contribution in [3.63, 3.8) is 0 Å².